The first-order valence-corrected chi connectivity index (χ1v) is 8.97. The lowest BCUT2D eigenvalue weighted by molar-refractivity contribution is 0.0372. The van der Waals surface area contributed by atoms with Gasteiger partial charge in [-0.05, 0) is 37.8 Å². The Morgan fingerprint density at radius 2 is 2.09 bits per heavy atom. The van der Waals surface area contributed by atoms with Gasteiger partial charge in [0.05, 0.1) is 18.6 Å². The standard InChI is InChI=1S/C16H24N4OS/c1-13-18-15(14-5-12-22-16(14)19-13)17-6-3-2-4-7-20-8-10-21-11-9-20/h5,12H,2-4,6-11H2,1H3,(H,17,18,19). The van der Waals surface area contributed by atoms with E-state index in [2.05, 4.69) is 31.6 Å². The molecule has 3 heterocycles. The molecule has 0 atom stereocenters. The van der Waals surface area contributed by atoms with Crippen LogP contribution in [0.15, 0.2) is 11.4 Å². The molecule has 1 N–H and O–H groups in total. The third kappa shape index (κ3) is 4.15. The maximum atomic E-state index is 5.37. The van der Waals surface area contributed by atoms with Crippen molar-refractivity contribution in [2.45, 2.75) is 26.2 Å². The van der Waals surface area contributed by atoms with Gasteiger partial charge in [-0.25, -0.2) is 9.97 Å². The second-order valence-corrected chi connectivity index (χ2v) is 6.59. The summed E-state index contributed by atoms with van der Waals surface area (Å²) in [5.41, 5.74) is 0. The van der Waals surface area contributed by atoms with E-state index in [9.17, 15) is 0 Å². The number of nitrogens with one attached hydrogen (secondary N) is 1. The fraction of sp³-hybridized carbons (Fsp3) is 0.625. The van der Waals surface area contributed by atoms with Crippen molar-refractivity contribution in [1.29, 1.82) is 0 Å². The highest BCUT2D eigenvalue weighted by molar-refractivity contribution is 7.16. The molecule has 2 aromatic rings. The number of thiophene rings is 1. The second kappa shape index (κ2) is 7.85. The maximum absolute atomic E-state index is 5.37. The number of aromatic nitrogens is 2. The zero-order valence-corrected chi connectivity index (χ0v) is 14.0. The van der Waals surface area contributed by atoms with Crippen LogP contribution in [0.1, 0.15) is 25.1 Å². The van der Waals surface area contributed by atoms with Gasteiger partial charge in [0.15, 0.2) is 0 Å². The highest BCUT2D eigenvalue weighted by Gasteiger charge is 2.09. The minimum Gasteiger partial charge on any atom is -0.379 e. The van der Waals surface area contributed by atoms with Gasteiger partial charge in [-0.2, -0.15) is 0 Å². The molecule has 120 valence electrons. The molecule has 2 aromatic heterocycles. The fourth-order valence-corrected chi connectivity index (χ4v) is 3.58. The number of ether oxygens (including phenoxy) is 1. The Morgan fingerprint density at radius 1 is 1.23 bits per heavy atom. The summed E-state index contributed by atoms with van der Waals surface area (Å²) in [5, 5.41) is 6.69. The topological polar surface area (TPSA) is 50.3 Å². The lowest BCUT2D eigenvalue weighted by Crippen LogP contribution is -2.36. The van der Waals surface area contributed by atoms with Crippen molar-refractivity contribution < 1.29 is 4.74 Å². The van der Waals surface area contributed by atoms with Gasteiger partial charge in [0.25, 0.3) is 0 Å². The van der Waals surface area contributed by atoms with E-state index in [1.54, 1.807) is 11.3 Å². The Hall–Kier alpha value is -1.24. The maximum Gasteiger partial charge on any atom is 0.138 e. The van der Waals surface area contributed by atoms with Crippen LogP contribution >= 0.6 is 11.3 Å². The quantitative estimate of drug-likeness (QED) is 0.795. The summed E-state index contributed by atoms with van der Waals surface area (Å²) in [6.45, 7) is 8.10. The molecular formula is C16H24N4OS. The Kier molecular flexibility index (Phi) is 5.58. The first kappa shape index (κ1) is 15.6. The van der Waals surface area contributed by atoms with E-state index < -0.39 is 0 Å². The van der Waals surface area contributed by atoms with Gasteiger partial charge >= 0.3 is 0 Å². The molecule has 0 spiro atoms. The highest BCUT2D eigenvalue weighted by atomic mass is 32.1. The van der Waals surface area contributed by atoms with E-state index in [4.69, 9.17) is 4.74 Å². The number of unbranched alkanes of at least 4 members (excludes halogenated alkanes) is 2. The third-order valence-electron chi connectivity index (χ3n) is 3.98. The molecule has 0 radical (unpaired) electrons. The molecule has 0 saturated carbocycles. The molecule has 0 aromatic carbocycles. The summed E-state index contributed by atoms with van der Waals surface area (Å²) >= 11 is 1.67. The lowest BCUT2D eigenvalue weighted by atomic mass is 10.2. The van der Waals surface area contributed by atoms with Crippen LogP contribution in [0, 0.1) is 6.92 Å². The van der Waals surface area contributed by atoms with Crippen molar-refractivity contribution >= 4 is 27.4 Å². The van der Waals surface area contributed by atoms with E-state index in [1.165, 1.54) is 25.8 Å². The Morgan fingerprint density at radius 3 is 2.95 bits per heavy atom. The van der Waals surface area contributed by atoms with Crippen LogP contribution in [0.5, 0.6) is 0 Å². The SMILES string of the molecule is Cc1nc(NCCCCCN2CCOCC2)c2ccsc2n1. The Labute approximate surface area is 135 Å². The molecule has 1 saturated heterocycles. The van der Waals surface area contributed by atoms with Crippen LogP contribution < -0.4 is 5.32 Å². The number of hydrogen-bond donors (Lipinski definition) is 1. The first-order chi connectivity index (χ1) is 10.8. The summed E-state index contributed by atoms with van der Waals surface area (Å²) < 4.78 is 5.37. The van der Waals surface area contributed by atoms with Gasteiger partial charge in [-0.1, -0.05) is 6.42 Å². The number of nitrogens with zero attached hydrogens (tertiary/aromatic N) is 3. The van der Waals surface area contributed by atoms with Crippen LogP contribution in [0.2, 0.25) is 0 Å². The average molecular weight is 320 g/mol. The summed E-state index contributed by atoms with van der Waals surface area (Å²) in [4.78, 5) is 12.6. The van der Waals surface area contributed by atoms with Crippen molar-refractivity contribution in [2.24, 2.45) is 0 Å². The second-order valence-electron chi connectivity index (χ2n) is 5.70. The van der Waals surface area contributed by atoms with E-state index >= 15 is 0 Å². The molecule has 6 heteroatoms. The number of anilines is 1. The minimum atomic E-state index is 0.838. The molecule has 0 unspecified atom stereocenters. The highest BCUT2D eigenvalue weighted by Crippen LogP contribution is 2.24. The van der Waals surface area contributed by atoms with Gasteiger partial charge < -0.3 is 10.1 Å². The summed E-state index contributed by atoms with van der Waals surface area (Å²) in [6.07, 6.45) is 3.69. The molecule has 1 aliphatic heterocycles. The first-order valence-electron chi connectivity index (χ1n) is 8.09. The molecule has 3 rings (SSSR count). The fourth-order valence-electron chi connectivity index (χ4n) is 2.77. The van der Waals surface area contributed by atoms with Crippen molar-refractivity contribution in [3.05, 3.63) is 17.3 Å². The van der Waals surface area contributed by atoms with Crippen LogP contribution in [0.25, 0.3) is 10.2 Å². The molecule has 5 nitrogen and oxygen atoms in total. The Balaban J connectivity index is 1.38. The molecule has 0 amide bonds. The number of aryl methyl sites for hydroxylation is 1. The van der Waals surface area contributed by atoms with Crippen LogP contribution in [-0.4, -0.2) is 54.3 Å². The van der Waals surface area contributed by atoms with Gasteiger partial charge in [-0.3, -0.25) is 4.90 Å². The zero-order chi connectivity index (χ0) is 15.2. The zero-order valence-electron chi connectivity index (χ0n) is 13.2. The van der Waals surface area contributed by atoms with E-state index in [0.29, 0.717) is 0 Å². The monoisotopic (exact) mass is 320 g/mol. The number of hydrogen-bond acceptors (Lipinski definition) is 6. The third-order valence-corrected chi connectivity index (χ3v) is 4.79. The largest absolute Gasteiger partial charge is 0.379 e. The van der Waals surface area contributed by atoms with E-state index in [-0.39, 0.29) is 0 Å². The molecule has 1 aliphatic rings. The molecule has 22 heavy (non-hydrogen) atoms. The van der Waals surface area contributed by atoms with Crippen molar-refractivity contribution in [1.82, 2.24) is 14.9 Å². The normalized spacial score (nSPS) is 16.2. The van der Waals surface area contributed by atoms with Gasteiger partial charge in [0.2, 0.25) is 0 Å². The minimum absolute atomic E-state index is 0.838. The van der Waals surface area contributed by atoms with Crippen LogP contribution in [-0.2, 0) is 4.74 Å². The molecule has 1 fully saturated rings. The van der Waals surface area contributed by atoms with Crippen molar-refractivity contribution in [2.75, 3.05) is 44.7 Å². The smallest absolute Gasteiger partial charge is 0.138 e. The van der Waals surface area contributed by atoms with Gasteiger partial charge in [0.1, 0.15) is 16.5 Å². The van der Waals surface area contributed by atoms with Gasteiger partial charge in [-0.15, -0.1) is 11.3 Å². The predicted molar refractivity (Wildman–Crippen MR) is 91.8 cm³/mol. The number of fused-ring (bicyclic) bond motifs is 1. The molecular weight excluding hydrogens is 296 g/mol. The number of rotatable bonds is 7. The molecule has 0 aliphatic carbocycles. The van der Waals surface area contributed by atoms with Crippen LogP contribution in [0.3, 0.4) is 0 Å². The Bertz CT molecular complexity index is 595. The van der Waals surface area contributed by atoms with E-state index in [1.807, 2.05) is 6.92 Å². The van der Waals surface area contributed by atoms with Crippen molar-refractivity contribution in [3.63, 3.8) is 0 Å². The van der Waals surface area contributed by atoms with Crippen molar-refractivity contribution in [3.8, 4) is 0 Å². The average Bonchev–Trinajstić information content (AvgIpc) is 3.00. The number of morpholine rings is 1. The summed E-state index contributed by atoms with van der Waals surface area (Å²) in [7, 11) is 0. The molecule has 0 bridgehead atoms. The van der Waals surface area contributed by atoms with Gasteiger partial charge in [0, 0.05) is 19.6 Å². The summed E-state index contributed by atoms with van der Waals surface area (Å²) in [6, 6.07) is 2.10. The summed E-state index contributed by atoms with van der Waals surface area (Å²) in [5.74, 6) is 1.82. The lowest BCUT2D eigenvalue weighted by Gasteiger charge is -2.26. The van der Waals surface area contributed by atoms with E-state index in [0.717, 1.165) is 54.7 Å². The predicted octanol–water partition coefficient (Wildman–Crippen LogP) is 2.91. The van der Waals surface area contributed by atoms with Crippen LogP contribution in [0.4, 0.5) is 5.82 Å².